The molecule has 0 aliphatic rings. The average molecular weight is 284 g/mol. The third kappa shape index (κ3) is 6.02. The van der Waals surface area contributed by atoms with Crippen molar-refractivity contribution in [3.63, 3.8) is 0 Å². The molecule has 0 bridgehead atoms. The molecule has 0 saturated heterocycles. The molecule has 21 heavy (non-hydrogen) atoms. The zero-order chi connectivity index (χ0) is 14.8. The number of hydrogen-bond acceptors (Lipinski definition) is 4. The zero-order valence-electron chi connectivity index (χ0n) is 12.5. The third-order valence-corrected chi connectivity index (χ3v) is 3.40. The van der Waals surface area contributed by atoms with Crippen LogP contribution in [-0.2, 0) is 13.1 Å². The fraction of sp³-hybridized carbons (Fsp3) is 0.412. The summed E-state index contributed by atoms with van der Waals surface area (Å²) in [5.74, 6) is 0. The highest BCUT2D eigenvalue weighted by molar-refractivity contribution is 5.06. The summed E-state index contributed by atoms with van der Waals surface area (Å²) in [5.41, 5.74) is 7.77. The number of nitrogens with two attached hydrogens (primary N) is 1. The molecule has 2 N–H and O–H groups in total. The van der Waals surface area contributed by atoms with Gasteiger partial charge in [-0.1, -0.05) is 18.6 Å². The Morgan fingerprint density at radius 2 is 1.43 bits per heavy atom. The van der Waals surface area contributed by atoms with E-state index in [4.69, 9.17) is 5.73 Å². The maximum Gasteiger partial charge on any atom is 0.0544 e. The molecule has 4 heteroatoms. The number of aromatic nitrogens is 2. The van der Waals surface area contributed by atoms with Gasteiger partial charge in [-0.2, -0.15) is 0 Å². The summed E-state index contributed by atoms with van der Waals surface area (Å²) in [6.45, 7) is 3.55. The highest BCUT2D eigenvalue weighted by Crippen LogP contribution is 2.08. The normalized spacial score (nSPS) is 11.0. The van der Waals surface area contributed by atoms with Crippen molar-refractivity contribution >= 4 is 0 Å². The molecule has 0 aliphatic heterocycles. The van der Waals surface area contributed by atoms with Gasteiger partial charge in [-0.15, -0.1) is 0 Å². The smallest absolute Gasteiger partial charge is 0.0544 e. The van der Waals surface area contributed by atoms with Gasteiger partial charge in [-0.05, 0) is 50.2 Å². The van der Waals surface area contributed by atoms with E-state index in [9.17, 15) is 0 Å². The lowest BCUT2D eigenvalue weighted by Crippen LogP contribution is -2.25. The molecule has 0 radical (unpaired) electrons. The van der Waals surface area contributed by atoms with Gasteiger partial charge in [0.05, 0.1) is 11.4 Å². The van der Waals surface area contributed by atoms with Crippen LogP contribution in [0.5, 0.6) is 0 Å². The summed E-state index contributed by atoms with van der Waals surface area (Å²) >= 11 is 0. The van der Waals surface area contributed by atoms with Crippen molar-refractivity contribution < 1.29 is 0 Å². The monoisotopic (exact) mass is 284 g/mol. The molecule has 4 nitrogen and oxygen atoms in total. The summed E-state index contributed by atoms with van der Waals surface area (Å²) in [6, 6.07) is 12.1. The van der Waals surface area contributed by atoms with E-state index in [0.29, 0.717) is 0 Å². The number of nitrogens with zero attached hydrogens (tertiary/aromatic N) is 3. The van der Waals surface area contributed by atoms with Gasteiger partial charge in [0, 0.05) is 25.5 Å². The predicted octanol–water partition coefficient (Wildman–Crippen LogP) is 2.61. The Morgan fingerprint density at radius 1 is 0.810 bits per heavy atom. The van der Waals surface area contributed by atoms with Gasteiger partial charge in [-0.3, -0.25) is 14.9 Å². The van der Waals surface area contributed by atoms with E-state index in [1.807, 2.05) is 36.7 Å². The van der Waals surface area contributed by atoms with Crippen LogP contribution in [0.2, 0.25) is 0 Å². The Balaban J connectivity index is 1.93. The van der Waals surface area contributed by atoms with Crippen LogP contribution >= 0.6 is 0 Å². The Kier molecular flexibility index (Phi) is 6.84. The Bertz CT molecular complexity index is 445. The van der Waals surface area contributed by atoms with Gasteiger partial charge < -0.3 is 5.73 Å². The van der Waals surface area contributed by atoms with Gasteiger partial charge in [0.25, 0.3) is 0 Å². The number of pyridine rings is 2. The molecule has 0 amide bonds. The van der Waals surface area contributed by atoms with E-state index >= 15 is 0 Å². The lowest BCUT2D eigenvalue weighted by Gasteiger charge is -2.21. The first-order valence-electron chi connectivity index (χ1n) is 7.61. The molecule has 112 valence electrons. The molecule has 2 aromatic heterocycles. The molecule has 2 aromatic rings. The highest BCUT2D eigenvalue weighted by Gasteiger charge is 2.08. The zero-order valence-corrected chi connectivity index (χ0v) is 12.5. The summed E-state index contributed by atoms with van der Waals surface area (Å²) in [6.07, 6.45) is 7.14. The van der Waals surface area contributed by atoms with Crippen molar-refractivity contribution in [3.8, 4) is 0 Å². The molecule has 0 unspecified atom stereocenters. The van der Waals surface area contributed by atoms with E-state index in [2.05, 4.69) is 27.0 Å². The van der Waals surface area contributed by atoms with Gasteiger partial charge >= 0.3 is 0 Å². The van der Waals surface area contributed by atoms with Crippen molar-refractivity contribution in [2.75, 3.05) is 13.1 Å². The second-order valence-electron chi connectivity index (χ2n) is 5.20. The van der Waals surface area contributed by atoms with Gasteiger partial charge in [0.1, 0.15) is 0 Å². The van der Waals surface area contributed by atoms with Crippen LogP contribution < -0.4 is 5.73 Å². The van der Waals surface area contributed by atoms with E-state index in [1.165, 1.54) is 6.42 Å². The molecule has 2 rings (SSSR count). The van der Waals surface area contributed by atoms with E-state index in [1.54, 1.807) is 0 Å². The topological polar surface area (TPSA) is 55.0 Å². The summed E-state index contributed by atoms with van der Waals surface area (Å²) in [5, 5.41) is 0. The number of hydrogen-bond donors (Lipinski definition) is 1. The minimum atomic E-state index is 0.778. The van der Waals surface area contributed by atoms with Crippen LogP contribution in [0.3, 0.4) is 0 Å². The standard InChI is InChI=1S/C17H24N4/c18-10-4-1-7-13-21(14-16-8-2-5-11-19-16)15-17-9-3-6-12-20-17/h2-3,5-6,8-9,11-12H,1,4,7,10,13-15,18H2. The predicted molar refractivity (Wildman–Crippen MR) is 85.5 cm³/mol. The van der Waals surface area contributed by atoms with Crippen molar-refractivity contribution in [1.82, 2.24) is 14.9 Å². The van der Waals surface area contributed by atoms with Crippen LogP contribution in [0, 0.1) is 0 Å². The van der Waals surface area contributed by atoms with Gasteiger partial charge in [0.2, 0.25) is 0 Å². The van der Waals surface area contributed by atoms with Crippen LogP contribution in [-0.4, -0.2) is 28.0 Å². The quantitative estimate of drug-likeness (QED) is 0.719. The first-order chi connectivity index (χ1) is 10.4. The van der Waals surface area contributed by atoms with Crippen LogP contribution in [0.1, 0.15) is 30.7 Å². The first-order valence-corrected chi connectivity index (χ1v) is 7.61. The second kappa shape index (κ2) is 9.21. The maximum absolute atomic E-state index is 5.56. The molecule has 0 saturated carbocycles. The van der Waals surface area contributed by atoms with Crippen LogP contribution in [0.15, 0.2) is 48.8 Å². The van der Waals surface area contributed by atoms with Crippen molar-refractivity contribution in [3.05, 3.63) is 60.2 Å². The number of unbranched alkanes of at least 4 members (excludes halogenated alkanes) is 2. The minimum absolute atomic E-state index is 0.778. The van der Waals surface area contributed by atoms with E-state index in [0.717, 1.165) is 50.4 Å². The lowest BCUT2D eigenvalue weighted by molar-refractivity contribution is 0.245. The summed E-state index contributed by atoms with van der Waals surface area (Å²) in [4.78, 5) is 11.2. The maximum atomic E-state index is 5.56. The molecule has 0 aliphatic carbocycles. The molecule has 0 fully saturated rings. The molecular formula is C17H24N4. The fourth-order valence-corrected chi connectivity index (χ4v) is 2.31. The third-order valence-electron chi connectivity index (χ3n) is 3.40. The fourth-order valence-electron chi connectivity index (χ4n) is 2.31. The molecular weight excluding hydrogens is 260 g/mol. The van der Waals surface area contributed by atoms with Gasteiger partial charge in [-0.25, -0.2) is 0 Å². The average Bonchev–Trinajstić information content (AvgIpc) is 2.53. The Hall–Kier alpha value is -1.78. The molecule has 0 atom stereocenters. The van der Waals surface area contributed by atoms with E-state index in [-0.39, 0.29) is 0 Å². The van der Waals surface area contributed by atoms with Crippen molar-refractivity contribution in [2.24, 2.45) is 5.73 Å². The van der Waals surface area contributed by atoms with E-state index < -0.39 is 0 Å². The highest BCUT2D eigenvalue weighted by atomic mass is 15.1. The van der Waals surface area contributed by atoms with Gasteiger partial charge in [0.15, 0.2) is 0 Å². The summed E-state index contributed by atoms with van der Waals surface area (Å²) < 4.78 is 0. The van der Waals surface area contributed by atoms with Crippen LogP contribution in [0.25, 0.3) is 0 Å². The largest absolute Gasteiger partial charge is 0.330 e. The van der Waals surface area contributed by atoms with Crippen molar-refractivity contribution in [1.29, 1.82) is 0 Å². The Morgan fingerprint density at radius 3 is 1.90 bits per heavy atom. The molecule has 0 aromatic carbocycles. The lowest BCUT2D eigenvalue weighted by atomic mass is 10.2. The molecule has 2 heterocycles. The SMILES string of the molecule is NCCCCCN(Cc1ccccn1)Cc1ccccn1. The van der Waals surface area contributed by atoms with Crippen molar-refractivity contribution in [2.45, 2.75) is 32.4 Å². The minimum Gasteiger partial charge on any atom is -0.330 e. The summed E-state index contributed by atoms with van der Waals surface area (Å²) in [7, 11) is 0. The number of rotatable bonds is 9. The van der Waals surface area contributed by atoms with Crippen LogP contribution in [0.4, 0.5) is 0 Å². The Labute approximate surface area is 127 Å². The molecule has 0 spiro atoms. The second-order valence-corrected chi connectivity index (χ2v) is 5.20. The first kappa shape index (κ1) is 15.6.